The Hall–Kier alpha value is -3.68. The molecule has 0 atom stereocenters. The minimum absolute atomic E-state index is 0.251. The van der Waals surface area contributed by atoms with E-state index in [-0.39, 0.29) is 11.5 Å². The molecular formula is C20H20N6O2. The van der Waals surface area contributed by atoms with Crippen LogP contribution in [0.15, 0.2) is 47.4 Å². The van der Waals surface area contributed by atoms with Gasteiger partial charge in [0.15, 0.2) is 5.65 Å². The van der Waals surface area contributed by atoms with Crippen LogP contribution >= 0.6 is 0 Å². The van der Waals surface area contributed by atoms with Gasteiger partial charge in [-0.3, -0.25) is 19.8 Å². The van der Waals surface area contributed by atoms with Gasteiger partial charge in [0.1, 0.15) is 5.56 Å². The first-order valence-electron chi connectivity index (χ1n) is 9.00. The Balaban J connectivity index is 1.63. The molecule has 3 aromatic heterocycles. The van der Waals surface area contributed by atoms with E-state index in [9.17, 15) is 9.59 Å². The van der Waals surface area contributed by atoms with Gasteiger partial charge in [-0.05, 0) is 44.4 Å². The van der Waals surface area contributed by atoms with Crippen molar-refractivity contribution in [1.29, 1.82) is 0 Å². The molecule has 0 aliphatic rings. The van der Waals surface area contributed by atoms with E-state index in [4.69, 9.17) is 0 Å². The van der Waals surface area contributed by atoms with Gasteiger partial charge >= 0.3 is 0 Å². The molecule has 0 unspecified atom stereocenters. The van der Waals surface area contributed by atoms with E-state index in [1.807, 2.05) is 32.0 Å². The van der Waals surface area contributed by atoms with Crippen LogP contribution in [-0.2, 0) is 12.8 Å². The van der Waals surface area contributed by atoms with Crippen molar-refractivity contribution in [2.45, 2.75) is 26.7 Å². The van der Waals surface area contributed by atoms with Crippen molar-refractivity contribution < 1.29 is 4.79 Å². The number of rotatable bonds is 5. The highest BCUT2D eigenvalue weighted by atomic mass is 16.2. The lowest BCUT2D eigenvalue weighted by Crippen LogP contribution is -2.18. The van der Waals surface area contributed by atoms with Crippen LogP contribution in [0.2, 0.25) is 0 Å². The van der Waals surface area contributed by atoms with Crippen molar-refractivity contribution in [1.82, 2.24) is 24.8 Å². The summed E-state index contributed by atoms with van der Waals surface area (Å²) in [6.45, 7) is 3.92. The van der Waals surface area contributed by atoms with Crippen molar-refractivity contribution in [2.24, 2.45) is 0 Å². The zero-order chi connectivity index (χ0) is 19.7. The number of carbonyl (C=O) groups excluding carboxylic acids is 1. The number of benzene rings is 1. The molecule has 0 saturated heterocycles. The molecule has 1 amide bonds. The normalized spacial score (nSPS) is 11.1. The van der Waals surface area contributed by atoms with Gasteiger partial charge in [-0.2, -0.15) is 5.10 Å². The van der Waals surface area contributed by atoms with Gasteiger partial charge < -0.3 is 5.32 Å². The molecule has 3 N–H and O–H groups in total. The predicted octanol–water partition coefficient (Wildman–Crippen LogP) is 2.40. The number of amides is 1. The van der Waals surface area contributed by atoms with E-state index in [0.717, 1.165) is 17.0 Å². The number of aryl methyl sites for hydroxylation is 3. The maximum absolute atomic E-state index is 12.6. The molecule has 4 aromatic rings. The zero-order valence-corrected chi connectivity index (χ0v) is 15.6. The summed E-state index contributed by atoms with van der Waals surface area (Å²) in [6, 6.07) is 10.6. The third-order valence-electron chi connectivity index (χ3n) is 4.74. The fourth-order valence-corrected chi connectivity index (χ4v) is 3.24. The quantitative estimate of drug-likeness (QED) is 0.497. The fourth-order valence-electron chi connectivity index (χ4n) is 3.24. The van der Waals surface area contributed by atoms with E-state index in [0.29, 0.717) is 35.4 Å². The Kier molecular flexibility index (Phi) is 4.52. The Morgan fingerprint density at radius 2 is 1.96 bits per heavy atom. The number of carbonyl (C=O) groups is 1. The summed E-state index contributed by atoms with van der Waals surface area (Å²) in [5, 5.41) is 12.8. The predicted molar refractivity (Wildman–Crippen MR) is 106 cm³/mol. The lowest BCUT2D eigenvalue weighted by molar-refractivity contribution is 0.102. The molecule has 8 heteroatoms. The molecule has 4 rings (SSSR count). The molecule has 1 aromatic carbocycles. The smallest absolute Gasteiger partial charge is 0.272 e. The first-order valence-corrected chi connectivity index (χ1v) is 9.00. The molecule has 142 valence electrons. The Bertz CT molecular complexity index is 1180. The van der Waals surface area contributed by atoms with E-state index >= 15 is 0 Å². The molecule has 0 saturated carbocycles. The van der Waals surface area contributed by atoms with Gasteiger partial charge in [0.05, 0.1) is 5.69 Å². The second-order valence-corrected chi connectivity index (χ2v) is 6.66. The molecule has 3 heterocycles. The maximum Gasteiger partial charge on any atom is 0.272 e. The average Bonchev–Trinajstić information content (AvgIpc) is 3.25. The topological polar surface area (TPSA) is 108 Å². The largest absolute Gasteiger partial charge is 0.322 e. The molecule has 0 radical (unpaired) electrons. The number of nitrogens with one attached hydrogen (secondary N) is 3. The summed E-state index contributed by atoms with van der Waals surface area (Å²) in [7, 11) is 0. The summed E-state index contributed by atoms with van der Waals surface area (Å²) < 4.78 is 1.28. The molecule has 0 aliphatic heterocycles. The van der Waals surface area contributed by atoms with Crippen LogP contribution in [0.3, 0.4) is 0 Å². The van der Waals surface area contributed by atoms with E-state index in [1.54, 1.807) is 12.1 Å². The number of para-hydroxylation sites is 1. The molecule has 8 nitrogen and oxygen atoms in total. The van der Waals surface area contributed by atoms with Gasteiger partial charge in [0.2, 0.25) is 0 Å². The zero-order valence-electron chi connectivity index (χ0n) is 15.6. The third kappa shape index (κ3) is 3.32. The lowest BCUT2D eigenvalue weighted by atomic mass is 10.1. The first-order chi connectivity index (χ1) is 13.5. The van der Waals surface area contributed by atoms with Crippen molar-refractivity contribution in [2.75, 3.05) is 5.32 Å². The molecule has 0 aliphatic carbocycles. The van der Waals surface area contributed by atoms with Crippen LogP contribution in [0, 0.1) is 13.8 Å². The van der Waals surface area contributed by atoms with Crippen molar-refractivity contribution in [3.8, 4) is 0 Å². The van der Waals surface area contributed by atoms with Crippen LogP contribution in [0.4, 0.5) is 5.69 Å². The number of hydrogen-bond donors (Lipinski definition) is 3. The number of aromatic amines is 2. The van der Waals surface area contributed by atoms with Crippen molar-refractivity contribution >= 4 is 17.2 Å². The average molecular weight is 376 g/mol. The highest BCUT2D eigenvalue weighted by Crippen LogP contribution is 2.14. The van der Waals surface area contributed by atoms with Crippen LogP contribution in [-0.4, -0.2) is 30.7 Å². The standard InChI is InChI=1S/C20H20N6O2/c1-12-16(13(2)25-24-12)9-8-15-10-18(27)26-19(22-15)17(11-21-26)20(28)23-14-6-4-3-5-7-14/h3-7,10-11,21H,8-9H2,1-2H3,(H,23,28)(H,24,25). The first kappa shape index (κ1) is 17.7. The number of fused-ring (bicyclic) bond motifs is 1. The number of H-pyrrole nitrogens is 2. The van der Waals surface area contributed by atoms with E-state index in [2.05, 4.69) is 25.6 Å². The van der Waals surface area contributed by atoms with Gasteiger partial charge in [-0.15, -0.1) is 0 Å². The SMILES string of the molecule is Cc1n[nH]c(C)c1CCc1cc(=O)n2[nH]cc(C(=O)Nc3ccccc3)c2n1. The maximum atomic E-state index is 12.6. The number of aromatic nitrogens is 5. The third-order valence-corrected chi connectivity index (χ3v) is 4.74. The summed E-state index contributed by atoms with van der Waals surface area (Å²) in [5.41, 5.74) is 4.78. The molecule has 28 heavy (non-hydrogen) atoms. The highest BCUT2D eigenvalue weighted by molar-refractivity contribution is 6.08. The van der Waals surface area contributed by atoms with Gasteiger partial charge in [-0.25, -0.2) is 9.50 Å². The summed E-state index contributed by atoms with van der Waals surface area (Å²) >= 11 is 0. The minimum Gasteiger partial charge on any atom is -0.322 e. The van der Waals surface area contributed by atoms with Crippen molar-refractivity contribution in [3.05, 3.63) is 81.2 Å². The second kappa shape index (κ2) is 7.15. The molecule has 0 bridgehead atoms. The summed E-state index contributed by atoms with van der Waals surface area (Å²) in [5.74, 6) is -0.324. The Morgan fingerprint density at radius 1 is 1.18 bits per heavy atom. The van der Waals surface area contributed by atoms with Gasteiger partial charge in [-0.1, -0.05) is 18.2 Å². The molecule has 0 fully saturated rings. The minimum atomic E-state index is -0.324. The fraction of sp³-hybridized carbons (Fsp3) is 0.200. The van der Waals surface area contributed by atoms with Crippen LogP contribution < -0.4 is 10.9 Å². The van der Waals surface area contributed by atoms with Crippen LogP contribution in [0.5, 0.6) is 0 Å². The molecular weight excluding hydrogens is 356 g/mol. The van der Waals surface area contributed by atoms with Gasteiger partial charge in [0, 0.05) is 29.3 Å². The van der Waals surface area contributed by atoms with Crippen LogP contribution in [0.25, 0.3) is 5.65 Å². The summed E-state index contributed by atoms with van der Waals surface area (Å²) in [4.78, 5) is 29.6. The van der Waals surface area contributed by atoms with E-state index in [1.165, 1.54) is 16.8 Å². The Labute approximate surface area is 160 Å². The van der Waals surface area contributed by atoms with Gasteiger partial charge in [0.25, 0.3) is 11.5 Å². The number of nitrogens with zero attached hydrogens (tertiary/aromatic N) is 3. The Morgan fingerprint density at radius 3 is 2.68 bits per heavy atom. The van der Waals surface area contributed by atoms with Crippen molar-refractivity contribution in [3.63, 3.8) is 0 Å². The second-order valence-electron chi connectivity index (χ2n) is 6.66. The monoisotopic (exact) mass is 376 g/mol. The number of anilines is 1. The number of hydrogen-bond acceptors (Lipinski definition) is 4. The highest BCUT2D eigenvalue weighted by Gasteiger charge is 2.16. The molecule has 0 spiro atoms. The van der Waals surface area contributed by atoms with E-state index < -0.39 is 0 Å². The van der Waals surface area contributed by atoms with Crippen LogP contribution in [0.1, 0.15) is 33.0 Å². The summed E-state index contributed by atoms with van der Waals surface area (Å²) in [6.07, 6.45) is 2.79. The lowest BCUT2D eigenvalue weighted by Gasteiger charge is -2.05.